The van der Waals surface area contributed by atoms with Gasteiger partial charge in [0.15, 0.2) is 5.65 Å². The first-order valence-electron chi connectivity index (χ1n) is 8.29. The third-order valence-electron chi connectivity index (χ3n) is 4.60. The normalized spacial score (nSPS) is 11.5. The fourth-order valence-corrected chi connectivity index (χ4v) is 3.59. The minimum atomic E-state index is -0.119. The van der Waals surface area contributed by atoms with Gasteiger partial charge in [0.25, 0.3) is 5.56 Å². The van der Waals surface area contributed by atoms with Gasteiger partial charge < -0.3 is 4.74 Å². The molecule has 0 fully saturated rings. The third kappa shape index (κ3) is 2.35. The highest BCUT2D eigenvalue weighted by Crippen LogP contribution is 2.27. The zero-order valence-electron chi connectivity index (χ0n) is 14.3. The highest BCUT2D eigenvalue weighted by atomic mass is 79.9. The summed E-state index contributed by atoms with van der Waals surface area (Å²) in [4.78, 5) is 22.4. The number of halogens is 1. The van der Waals surface area contributed by atoms with Crippen molar-refractivity contribution in [1.29, 1.82) is 0 Å². The van der Waals surface area contributed by atoms with E-state index in [4.69, 9.17) is 9.72 Å². The molecule has 132 valence electrons. The van der Waals surface area contributed by atoms with Crippen LogP contribution in [0.4, 0.5) is 0 Å². The van der Waals surface area contributed by atoms with Crippen molar-refractivity contribution in [2.24, 2.45) is 0 Å². The largest absolute Gasteiger partial charge is 0.495 e. The van der Waals surface area contributed by atoms with Crippen LogP contribution in [0.25, 0.3) is 33.3 Å². The highest BCUT2D eigenvalue weighted by Gasteiger charge is 2.18. The summed E-state index contributed by atoms with van der Waals surface area (Å²) in [5.74, 6) is 0.683. The molecule has 0 aliphatic carbocycles. The van der Waals surface area contributed by atoms with Crippen LogP contribution in [0.15, 0.2) is 70.3 Å². The van der Waals surface area contributed by atoms with Crippen molar-refractivity contribution >= 4 is 43.5 Å². The molecule has 4 aromatic heterocycles. The van der Waals surface area contributed by atoms with Gasteiger partial charge in [-0.3, -0.25) is 13.8 Å². The van der Waals surface area contributed by atoms with E-state index < -0.39 is 0 Å². The van der Waals surface area contributed by atoms with Gasteiger partial charge in [-0.2, -0.15) is 0 Å². The first-order valence-corrected chi connectivity index (χ1v) is 9.08. The Hall–Kier alpha value is -3.19. The van der Waals surface area contributed by atoms with E-state index in [2.05, 4.69) is 20.9 Å². The van der Waals surface area contributed by atoms with E-state index in [1.54, 1.807) is 17.9 Å². The molecule has 0 saturated carbocycles. The average Bonchev–Trinajstić information content (AvgIpc) is 3.08. The van der Waals surface area contributed by atoms with E-state index >= 15 is 0 Å². The van der Waals surface area contributed by atoms with Crippen molar-refractivity contribution in [3.8, 4) is 11.4 Å². The molecule has 5 aromatic rings. The number of pyridine rings is 3. The van der Waals surface area contributed by atoms with Crippen molar-refractivity contribution in [1.82, 2.24) is 18.9 Å². The number of rotatable bonds is 2. The zero-order valence-corrected chi connectivity index (χ0v) is 15.8. The van der Waals surface area contributed by atoms with Crippen LogP contribution in [0.3, 0.4) is 0 Å². The van der Waals surface area contributed by atoms with Crippen LogP contribution in [0.1, 0.15) is 0 Å². The highest BCUT2D eigenvalue weighted by molar-refractivity contribution is 9.10. The first kappa shape index (κ1) is 16.0. The lowest BCUT2D eigenvalue weighted by Gasteiger charge is -2.11. The molecule has 0 saturated heterocycles. The van der Waals surface area contributed by atoms with E-state index in [-0.39, 0.29) is 5.56 Å². The molecule has 0 unspecified atom stereocenters. The molecule has 0 spiro atoms. The molecule has 5 rings (SSSR count). The van der Waals surface area contributed by atoms with Crippen molar-refractivity contribution in [2.45, 2.75) is 0 Å². The molecular weight excluding hydrogens is 408 g/mol. The maximum atomic E-state index is 13.4. The number of imidazole rings is 1. The van der Waals surface area contributed by atoms with E-state index in [9.17, 15) is 4.79 Å². The number of hydrogen-bond donors (Lipinski definition) is 0. The summed E-state index contributed by atoms with van der Waals surface area (Å²) in [5, 5.41) is 1.43. The predicted octanol–water partition coefficient (Wildman–Crippen LogP) is 3.96. The van der Waals surface area contributed by atoms with E-state index in [0.717, 1.165) is 16.6 Å². The molecule has 0 atom stereocenters. The number of aromatic nitrogens is 4. The zero-order chi connectivity index (χ0) is 18.5. The maximum Gasteiger partial charge on any atom is 0.264 e. The summed E-state index contributed by atoms with van der Waals surface area (Å²) < 4.78 is 9.60. The van der Waals surface area contributed by atoms with Gasteiger partial charge in [0.05, 0.1) is 25.2 Å². The van der Waals surface area contributed by atoms with E-state index in [1.807, 2.05) is 59.1 Å². The molecule has 7 heteroatoms. The minimum Gasteiger partial charge on any atom is -0.495 e. The Morgan fingerprint density at radius 1 is 1.04 bits per heavy atom. The lowest BCUT2D eigenvalue weighted by Crippen LogP contribution is -2.20. The van der Waals surface area contributed by atoms with E-state index in [0.29, 0.717) is 27.1 Å². The minimum absolute atomic E-state index is 0.119. The summed E-state index contributed by atoms with van der Waals surface area (Å²) in [6.07, 6.45) is 3.50. The molecule has 4 heterocycles. The Morgan fingerprint density at radius 3 is 2.59 bits per heavy atom. The van der Waals surface area contributed by atoms with Crippen LogP contribution in [0, 0.1) is 0 Å². The smallest absolute Gasteiger partial charge is 0.264 e. The Kier molecular flexibility index (Phi) is 3.51. The van der Waals surface area contributed by atoms with Crippen molar-refractivity contribution in [2.75, 3.05) is 7.11 Å². The van der Waals surface area contributed by atoms with Gasteiger partial charge in [-0.15, -0.1) is 0 Å². The van der Waals surface area contributed by atoms with Crippen molar-refractivity contribution in [3.63, 3.8) is 0 Å². The molecule has 0 radical (unpaired) electrons. The Labute approximate surface area is 161 Å². The summed E-state index contributed by atoms with van der Waals surface area (Å²) in [7, 11) is 1.61. The Bertz CT molecular complexity index is 1390. The molecule has 0 aliphatic rings. The third-order valence-corrected chi connectivity index (χ3v) is 5.07. The van der Waals surface area contributed by atoms with Crippen LogP contribution in [0.2, 0.25) is 0 Å². The molecular formula is C20H13BrN4O2. The second-order valence-electron chi connectivity index (χ2n) is 6.11. The van der Waals surface area contributed by atoms with Crippen LogP contribution in [-0.4, -0.2) is 26.0 Å². The number of nitrogens with zero attached hydrogens (tertiary/aromatic N) is 4. The van der Waals surface area contributed by atoms with Crippen LogP contribution in [0.5, 0.6) is 5.75 Å². The van der Waals surface area contributed by atoms with Gasteiger partial charge >= 0.3 is 0 Å². The van der Waals surface area contributed by atoms with Gasteiger partial charge in [-0.25, -0.2) is 9.97 Å². The van der Waals surface area contributed by atoms with E-state index in [1.165, 1.54) is 0 Å². The molecule has 0 amide bonds. The topological polar surface area (TPSA) is 61.4 Å². The van der Waals surface area contributed by atoms with Gasteiger partial charge in [0.2, 0.25) is 0 Å². The van der Waals surface area contributed by atoms with Gasteiger partial charge in [0, 0.05) is 10.8 Å². The molecule has 6 nitrogen and oxygen atoms in total. The van der Waals surface area contributed by atoms with Crippen molar-refractivity contribution < 1.29 is 4.74 Å². The SMILES string of the molecule is COc1ccc2nc3c4ccccc4c(=O)n(-c4ccc(Br)nc4)c3n2c1. The molecule has 0 N–H and O–H groups in total. The fraction of sp³-hybridized carbons (Fsp3) is 0.0500. The maximum absolute atomic E-state index is 13.4. The summed E-state index contributed by atoms with van der Waals surface area (Å²) >= 11 is 3.34. The Morgan fingerprint density at radius 2 is 1.85 bits per heavy atom. The van der Waals surface area contributed by atoms with Crippen LogP contribution in [-0.2, 0) is 0 Å². The van der Waals surface area contributed by atoms with Gasteiger partial charge in [-0.1, -0.05) is 18.2 Å². The second-order valence-corrected chi connectivity index (χ2v) is 6.92. The lowest BCUT2D eigenvalue weighted by atomic mass is 10.1. The summed E-state index contributed by atoms with van der Waals surface area (Å²) in [6.45, 7) is 0. The number of benzene rings is 1. The average molecular weight is 421 g/mol. The lowest BCUT2D eigenvalue weighted by molar-refractivity contribution is 0.412. The van der Waals surface area contributed by atoms with Gasteiger partial charge in [-0.05, 0) is 46.3 Å². The first-order chi connectivity index (χ1) is 13.2. The number of fused-ring (bicyclic) bond motifs is 5. The van der Waals surface area contributed by atoms with Gasteiger partial charge in [0.1, 0.15) is 21.5 Å². The number of methoxy groups -OCH3 is 1. The monoisotopic (exact) mass is 420 g/mol. The number of ether oxygens (including phenoxy) is 1. The predicted molar refractivity (Wildman–Crippen MR) is 108 cm³/mol. The standard InChI is InChI=1S/C20H13BrN4O2/c1-27-13-7-9-17-23-18-14-4-2-3-5-15(14)20(26)25(19(18)24(17)11-13)12-6-8-16(21)22-10-12/h2-11H,1H3. The quantitative estimate of drug-likeness (QED) is 0.405. The molecule has 0 bridgehead atoms. The summed E-state index contributed by atoms with van der Waals surface area (Å²) in [5.41, 5.74) is 2.72. The second kappa shape index (κ2) is 5.92. The van der Waals surface area contributed by atoms with Crippen LogP contribution >= 0.6 is 15.9 Å². The fourth-order valence-electron chi connectivity index (χ4n) is 3.36. The molecule has 0 aliphatic heterocycles. The van der Waals surface area contributed by atoms with Crippen molar-refractivity contribution in [3.05, 3.63) is 75.9 Å². The van der Waals surface area contributed by atoms with Crippen LogP contribution < -0.4 is 10.3 Å². The molecule has 1 aromatic carbocycles. The molecule has 27 heavy (non-hydrogen) atoms. The number of hydrogen-bond acceptors (Lipinski definition) is 4. The summed E-state index contributed by atoms with van der Waals surface area (Å²) in [6, 6.07) is 14.9. The Balaban J connectivity index is 2.05.